The Morgan fingerprint density at radius 2 is 1.97 bits per heavy atom. The van der Waals surface area contributed by atoms with Gasteiger partial charge in [-0.1, -0.05) is 13.8 Å². The van der Waals surface area contributed by atoms with Gasteiger partial charge in [0.2, 0.25) is 0 Å². The number of nitrogens with zero attached hydrogens (tertiary/aromatic N) is 5. The SMILES string of the molecule is Cc1cc(-c2n[nH]c(C(=O)NC3CCN(C(C)C)CC3)c2C(C)C)cn2ncnc12. The molecule has 160 valence electrons. The molecule has 30 heavy (non-hydrogen) atoms. The summed E-state index contributed by atoms with van der Waals surface area (Å²) < 4.78 is 1.76. The molecule has 1 aliphatic heterocycles. The third-order valence-electron chi connectivity index (χ3n) is 6.04. The lowest BCUT2D eigenvalue weighted by Gasteiger charge is -2.34. The van der Waals surface area contributed by atoms with Gasteiger partial charge in [-0.25, -0.2) is 9.50 Å². The van der Waals surface area contributed by atoms with Crippen LogP contribution in [0.2, 0.25) is 0 Å². The molecule has 8 nitrogen and oxygen atoms in total. The van der Waals surface area contributed by atoms with E-state index in [4.69, 9.17) is 0 Å². The number of likely N-dealkylation sites (tertiary alicyclic amines) is 1. The van der Waals surface area contributed by atoms with Gasteiger partial charge in [0.1, 0.15) is 12.0 Å². The highest BCUT2D eigenvalue weighted by atomic mass is 16.2. The molecule has 0 unspecified atom stereocenters. The second-order valence-electron chi connectivity index (χ2n) is 8.83. The van der Waals surface area contributed by atoms with Crippen molar-refractivity contribution in [2.24, 2.45) is 0 Å². The molecule has 1 amide bonds. The van der Waals surface area contributed by atoms with E-state index in [0.717, 1.165) is 54.0 Å². The maximum Gasteiger partial charge on any atom is 0.269 e. The number of rotatable bonds is 5. The fourth-order valence-electron chi connectivity index (χ4n) is 4.35. The molecule has 0 aliphatic carbocycles. The van der Waals surface area contributed by atoms with Crippen LogP contribution in [-0.4, -0.2) is 60.8 Å². The van der Waals surface area contributed by atoms with Gasteiger partial charge in [-0.05, 0) is 51.2 Å². The minimum Gasteiger partial charge on any atom is -0.348 e. The van der Waals surface area contributed by atoms with Crippen molar-refractivity contribution in [2.75, 3.05) is 13.1 Å². The Bertz CT molecular complexity index is 1040. The summed E-state index contributed by atoms with van der Waals surface area (Å²) in [6.07, 6.45) is 5.42. The number of H-pyrrole nitrogens is 1. The smallest absolute Gasteiger partial charge is 0.269 e. The van der Waals surface area contributed by atoms with E-state index in [2.05, 4.69) is 64.3 Å². The average molecular weight is 410 g/mol. The van der Waals surface area contributed by atoms with Crippen LogP contribution in [0.1, 0.15) is 68.1 Å². The minimum atomic E-state index is -0.0704. The molecule has 3 aromatic rings. The summed E-state index contributed by atoms with van der Waals surface area (Å²) in [6.45, 7) is 12.7. The summed E-state index contributed by atoms with van der Waals surface area (Å²) in [7, 11) is 0. The zero-order valence-corrected chi connectivity index (χ0v) is 18.4. The third-order valence-corrected chi connectivity index (χ3v) is 6.04. The van der Waals surface area contributed by atoms with Gasteiger partial charge in [0, 0.05) is 42.5 Å². The van der Waals surface area contributed by atoms with Crippen molar-refractivity contribution < 1.29 is 4.79 Å². The molecule has 0 bridgehead atoms. The molecule has 4 rings (SSSR count). The van der Waals surface area contributed by atoms with Gasteiger partial charge in [0.25, 0.3) is 5.91 Å². The molecule has 0 spiro atoms. The zero-order chi connectivity index (χ0) is 21.4. The number of carbonyl (C=O) groups is 1. The Hall–Kier alpha value is -2.74. The number of amides is 1. The first-order valence-electron chi connectivity index (χ1n) is 10.8. The number of fused-ring (bicyclic) bond motifs is 1. The molecule has 2 N–H and O–H groups in total. The van der Waals surface area contributed by atoms with Crippen molar-refractivity contribution in [3.63, 3.8) is 0 Å². The van der Waals surface area contributed by atoms with E-state index in [0.29, 0.717) is 11.7 Å². The van der Waals surface area contributed by atoms with Gasteiger partial charge >= 0.3 is 0 Å². The van der Waals surface area contributed by atoms with Crippen LogP contribution in [0.25, 0.3) is 16.9 Å². The molecule has 1 fully saturated rings. The Morgan fingerprint density at radius 1 is 1.23 bits per heavy atom. The maximum absolute atomic E-state index is 13.1. The van der Waals surface area contributed by atoms with Crippen LogP contribution in [-0.2, 0) is 0 Å². The predicted molar refractivity (Wildman–Crippen MR) is 117 cm³/mol. The molecule has 3 aromatic heterocycles. The van der Waals surface area contributed by atoms with E-state index in [9.17, 15) is 4.79 Å². The van der Waals surface area contributed by atoms with Crippen LogP contribution in [0.5, 0.6) is 0 Å². The Kier molecular flexibility index (Phi) is 5.60. The monoisotopic (exact) mass is 409 g/mol. The summed E-state index contributed by atoms with van der Waals surface area (Å²) >= 11 is 0. The molecule has 8 heteroatoms. The Morgan fingerprint density at radius 3 is 2.63 bits per heavy atom. The van der Waals surface area contributed by atoms with Crippen LogP contribution < -0.4 is 5.32 Å². The van der Waals surface area contributed by atoms with Crippen LogP contribution in [0.4, 0.5) is 0 Å². The number of pyridine rings is 1. The number of piperidine rings is 1. The first-order valence-corrected chi connectivity index (χ1v) is 10.8. The highest BCUT2D eigenvalue weighted by Crippen LogP contribution is 2.31. The second kappa shape index (κ2) is 8.18. The van der Waals surface area contributed by atoms with Crippen molar-refractivity contribution in [1.29, 1.82) is 0 Å². The summed E-state index contributed by atoms with van der Waals surface area (Å²) in [4.78, 5) is 19.9. The Balaban J connectivity index is 1.59. The number of aromatic amines is 1. The fourth-order valence-corrected chi connectivity index (χ4v) is 4.35. The van der Waals surface area contributed by atoms with Gasteiger partial charge in [-0.2, -0.15) is 10.2 Å². The van der Waals surface area contributed by atoms with Gasteiger partial charge < -0.3 is 10.2 Å². The number of nitrogens with one attached hydrogen (secondary N) is 2. The number of hydrogen-bond donors (Lipinski definition) is 2. The number of hydrogen-bond acceptors (Lipinski definition) is 5. The van der Waals surface area contributed by atoms with E-state index in [1.54, 1.807) is 10.8 Å². The standard InChI is InChI=1S/C22H31N7O/c1-13(2)18-19(16-10-15(5)21-23-12-24-29(21)11-16)26-27-20(18)22(30)25-17-6-8-28(9-7-17)14(3)4/h10-14,17H,6-9H2,1-5H3,(H,25,30)(H,26,27). The summed E-state index contributed by atoms with van der Waals surface area (Å²) in [6, 6.07) is 2.80. The number of aromatic nitrogens is 5. The molecule has 0 aromatic carbocycles. The first kappa shape index (κ1) is 20.5. The molecule has 1 saturated heterocycles. The van der Waals surface area contributed by atoms with Crippen molar-refractivity contribution in [2.45, 2.75) is 65.5 Å². The van der Waals surface area contributed by atoms with E-state index in [1.165, 1.54) is 0 Å². The summed E-state index contributed by atoms with van der Waals surface area (Å²) in [5, 5.41) is 15.0. The molecule has 0 radical (unpaired) electrons. The summed E-state index contributed by atoms with van der Waals surface area (Å²) in [5.74, 6) is 0.0769. The van der Waals surface area contributed by atoms with Gasteiger partial charge in [-0.15, -0.1) is 0 Å². The topological polar surface area (TPSA) is 91.2 Å². The van der Waals surface area contributed by atoms with Gasteiger partial charge in [-0.3, -0.25) is 9.89 Å². The van der Waals surface area contributed by atoms with Crippen LogP contribution in [0.15, 0.2) is 18.6 Å². The summed E-state index contributed by atoms with van der Waals surface area (Å²) in [5.41, 5.74) is 5.06. The van der Waals surface area contributed by atoms with Crippen molar-refractivity contribution in [1.82, 2.24) is 35.0 Å². The van der Waals surface area contributed by atoms with Crippen LogP contribution in [0.3, 0.4) is 0 Å². The normalized spacial score (nSPS) is 16.1. The molecule has 4 heterocycles. The van der Waals surface area contributed by atoms with Crippen molar-refractivity contribution >= 4 is 11.6 Å². The van der Waals surface area contributed by atoms with Crippen LogP contribution >= 0.6 is 0 Å². The van der Waals surface area contributed by atoms with E-state index in [1.807, 2.05) is 13.1 Å². The quantitative estimate of drug-likeness (QED) is 0.675. The van der Waals surface area contributed by atoms with Crippen LogP contribution in [0, 0.1) is 6.92 Å². The Labute approximate surface area is 177 Å². The molecular weight excluding hydrogens is 378 g/mol. The molecule has 0 saturated carbocycles. The molecule has 0 atom stereocenters. The highest BCUT2D eigenvalue weighted by Gasteiger charge is 2.27. The van der Waals surface area contributed by atoms with Gasteiger partial charge in [0.05, 0.1) is 5.69 Å². The molecular formula is C22H31N7O. The predicted octanol–water partition coefficient (Wildman–Crippen LogP) is 3.15. The lowest BCUT2D eigenvalue weighted by atomic mass is 9.96. The highest BCUT2D eigenvalue weighted by molar-refractivity contribution is 5.96. The van der Waals surface area contributed by atoms with E-state index < -0.39 is 0 Å². The van der Waals surface area contributed by atoms with E-state index in [-0.39, 0.29) is 17.9 Å². The van der Waals surface area contributed by atoms with Gasteiger partial charge in [0.15, 0.2) is 5.65 Å². The minimum absolute atomic E-state index is 0.0704. The number of aryl methyl sites for hydroxylation is 1. The zero-order valence-electron chi connectivity index (χ0n) is 18.4. The van der Waals surface area contributed by atoms with Crippen molar-refractivity contribution in [3.8, 4) is 11.3 Å². The lowest BCUT2D eigenvalue weighted by Crippen LogP contribution is -2.46. The largest absolute Gasteiger partial charge is 0.348 e. The second-order valence-corrected chi connectivity index (χ2v) is 8.83. The first-order chi connectivity index (χ1) is 14.3. The molecule has 1 aliphatic rings. The lowest BCUT2D eigenvalue weighted by molar-refractivity contribution is 0.0894. The fraction of sp³-hybridized carbons (Fsp3) is 0.545. The number of carbonyl (C=O) groups excluding carboxylic acids is 1. The third kappa shape index (κ3) is 3.84. The maximum atomic E-state index is 13.1. The van der Waals surface area contributed by atoms with Crippen molar-refractivity contribution in [3.05, 3.63) is 35.4 Å². The van der Waals surface area contributed by atoms with E-state index >= 15 is 0 Å². The average Bonchev–Trinajstić information content (AvgIpc) is 3.35.